The molecule has 0 fully saturated rings. The number of hydrogen-bond donors (Lipinski definition) is 0. The van der Waals surface area contributed by atoms with E-state index in [-0.39, 0.29) is 23.5 Å². The highest BCUT2D eigenvalue weighted by atomic mass is 19.4. The van der Waals surface area contributed by atoms with Gasteiger partial charge in [0.15, 0.2) is 6.79 Å². The number of ether oxygens (including phenoxy) is 2. The molecule has 3 aromatic carbocycles. The first-order valence-electron chi connectivity index (χ1n) is 8.75. The third-order valence-electron chi connectivity index (χ3n) is 4.22. The topological polar surface area (TPSA) is 18.5 Å². The second-order valence-corrected chi connectivity index (χ2v) is 6.20. The molecule has 0 N–H and O–H groups in total. The molecular weight excluding hydrogens is 384 g/mol. The molecule has 6 heteroatoms. The maximum absolute atomic E-state index is 14.2. The second-order valence-electron chi connectivity index (χ2n) is 6.20. The highest BCUT2D eigenvalue weighted by Gasteiger charge is 2.38. The van der Waals surface area contributed by atoms with E-state index in [1.165, 1.54) is 31.4 Å². The Morgan fingerprint density at radius 1 is 0.759 bits per heavy atom. The van der Waals surface area contributed by atoms with Gasteiger partial charge in [0.2, 0.25) is 0 Å². The third-order valence-corrected chi connectivity index (χ3v) is 4.22. The van der Waals surface area contributed by atoms with Crippen molar-refractivity contribution in [2.75, 3.05) is 13.9 Å². The molecule has 0 aliphatic rings. The van der Waals surface area contributed by atoms with Gasteiger partial charge in [0, 0.05) is 12.7 Å². The van der Waals surface area contributed by atoms with Crippen molar-refractivity contribution in [2.45, 2.75) is 6.18 Å². The van der Waals surface area contributed by atoms with Gasteiger partial charge in [0.05, 0.1) is 5.57 Å². The monoisotopic (exact) mass is 402 g/mol. The molecule has 0 spiro atoms. The predicted molar refractivity (Wildman–Crippen MR) is 104 cm³/mol. The molecule has 0 unspecified atom stereocenters. The summed E-state index contributed by atoms with van der Waals surface area (Å²) in [5.41, 5.74) is -0.220. The summed E-state index contributed by atoms with van der Waals surface area (Å²) in [6.07, 6.45) is -4.63. The summed E-state index contributed by atoms with van der Waals surface area (Å²) in [6.45, 7) is 0.0256. The Balaban J connectivity index is 2.24. The van der Waals surface area contributed by atoms with Crippen molar-refractivity contribution >= 4 is 11.1 Å². The maximum Gasteiger partial charge on any atom is 0.417 e. The number of allylic oxidation sites excluding steroid dienone is 1. The zero-order valence-electron chi connectivity index (χ0n) is 15.5. The molecule has 0 aliphatic heterocycles. The fraction of sp³-hybridized carbons (Fsp3) is 0.130. The normalized spacial score (nSPS) is 12.4. The van der Waals surface area contributed by atoms with Crippen LogP contribution in [-0.4, -0.2) is 20.1 Å². The molecule has 0 atom stereocenters. The smallest absolute Gasteiger partial charge is 0.417 e. The average Bonchev–Trinajstić information content (AvgIpc) is 2.71. The summed E-state index contributed by atoms with van der Waals surface area (Å²) in [7, 11) is 1.47. The van der Waals surface area contributed by atoms with Crippen LogP contribution in [-0.2, 0) is 4.74 Å². The number of methoxy groups -OCH3 is 1. The Bertz CT molecular complexity index is 961. The van der Waals surface area contributed by atoms with Gasteiger partial charge in [-0.3, -0.25) is 0 Å². The van der Waals surface area contributed by atoms with Crippen molar-refractivity contribution in [1.82, 2.24) is 0 Å². The van der Waals surface area contributed by atoms with Crippen molar-refractivity contribution in [3.8, 4) is 5.75 Å². The summed E-state index contributed by atoms with van der Waals surface area (Å²) in [4.78, 5) is 0. The molecule has 0 saturated carbocycles. The first-order valence-corrected chi connectivity index (χ1v) is 8.75. The van der Waals surface area contributed by atoms with Crippen LogP contribution in [0.4, 0.5) is 17.6 Å². The summed E-state index contributed by atoms with van der Waals surface area (Å²) >= 11 is 0. The molecule has 29 heavy (non-hydrogen) atoms. The third kappa shape index (κ3) is 5.03. The van der Waals surface area contributed by atoms with Gasteiger partial charge in [0.1, 0.15) is 11.6 Å². The largest absolute Gasteiger partial charge is 0.468 e. The maximum atomic E-state index is 14.2. The van der Waals surface area contributed by atoms with Crippen LogP contribution in [0.5, 0.6) is 5.75 Å². The molecule has 3 rings (SSSR count). The Hall–Kier alpha value is -3.12. The van der Waals surface area contributed by atoms with E-state index in [9.17, 15) is 17.6 Å². The minimum atomic E-state index is -4.63. The molecule has 0 radical (unpaired) electrons. The number of halogens is 4. The van der Waals surface area contributed by atoms with Crippen LogP contribution < -0.4 is 4.74 Å². The quantitative estimate of drug-likeness (QED) is 0.273. The minimum Gasteiger partial charge on any atom is -0.468 e. The van der Waals surface area contributed by atoms with E-state index in [0.29, 0.717) is 11.3 Å². The molecule has 3 aromatic rings. The fourth-order valence-corrected chi connectivity index (χ4v) is 2.97. The SMILES string of the molecule is COCOc1ccc(C(=C(c2ccccc2)C(F)(F)F)c2ccc(F)cc2)cc1. The zero-order chi connectivity index (χ0) is 20.9. The van der Waals surface area contributed by atoms with Crippen molar-refractivity contribution in [3.05, 3.63) is 101 Å². The lowest BCUT2D eigenvalue weighted by Gasteiger charge is -2.20. The molecule has 150 valence electrons. The van der Waals surface area contributed by atoms with Crippen molar-refractivity contribution < 1.29 is 27.0 Å². The van der Waals surface area contributed by atoms with Crippen LogP contribution in [0.2, 0.25) is 0 Å². The van der Waals surface area contributed by atoms with Crippen molar-refractivity contribution in [1.29, 1.82) is 0 Å². The molecule has 0 aromatic heterocycles. The number of hydrogen-bond acceptors (Lipinski definition) is 2. The molecule has 0 amide bonds. The molecule has 0 heterocycles. The van der Waals surface area contributed by atoms with Gasteiger partial charge in [-0.2, -0.15) is 13.2 Å². The van der Waals surface area contributed by atoms with Gasteiger partial charge in [-0.1, -0.05) is 54.6 Å². The Morgan fingerprint density at radius 3 is 1.83 bits per heavy atom. The lowest BCUT2D eigenvalue weighted by Crippen LogP contribution is -2.14. The van der Waals surface area contributed by atoms with E-state index in [1.54, 1.807) is 42.5 Å². The Labute approximate surface area is 166 Å². The van der Waals surface area contributed by atoms with Crippen molar-refractivity contribution in [3.63, 3.8) is 0 Å². The van der Waals surface area contributed by atoms with Gasteiger partial charge in [-0.25, -0.2) is 4.39 Å². The van der Waals surface area contributed by atoms with Gasteiger partial charge in [-0.05, 0) is 41.0 Å². The van der Waals surface area contributed by atoms with Crippen molar-refractivity contribution in [2.24, 2.45) is 0 Å². The Morgan fingerprint density at radius 2 is 1.31 bits per heavy atom. The summed E-state index contributed by atoms with van der Waals surface area (Å²) in [6, 6.07) is 18.7. The average molecular weight is 402 g/mol. The zero-order valence-corrected chi connectivity index (χ0v) is 15.5. The van der Waals surface area contributed by atoms with Crippen LogP contribution in [0.3, 0.4) is 0 Å². The van der Waals surface area contributed by atoms with E-state index in [0.717, 1.165) is 12.1 Å². The lowest BCUT2D eigenvalue weighted by atomic mass is 9.89. The van der Waals surface area contributed by atoms with Crippen LogP contribution in [0, 0.1) is 5.82 Å². The van der Waals surface area contributed by atoms with E-state index >= 15 is 0 Å². The van der Waals surface area contributed by atoms with Gasteiger partial charge >= 0.3 is 6.18 Å². The minimum absolute atomic E-state index is 0.0256. The molecule has 0 saturated heterocycles. The van der Waals surface area contributed by atoms with Crippen LogP contribution in [0.25, 0.3) is 11.1 Å². The van der Waals surface area contributed by atoms with Crippen LogP contribution in [0.15, 0.2) is 78.9 Å². The molecule has 0 bridgehead atoms. The molecule has 2 nitrogen and oxygen atoms in total. The highest BCUT2D eigenvalue weighted by molar-refractivity contribution is 6.00. The molecule has 0 aliphatic carbocycles. The van der Waals surface area contributed by atoms with Gasteiger partial charge in [-0.15, -0.1) is 0 Å². The predicted octanol–water partition coefficient (Wildman–Crippen LogP) is 6.33. The van der Waals surface area contributed by atoms with E-state index in [1.807, 2.05) is 0 Å². The number of benzene rings is 3. The first-order chi connectivity index (χ1) is 13.9. The number of rotatable bonds is 6. The first kappa shape index (κ1) is 20.6. The van der Waals surface area contributed by atoms with Gasteiger partial charge in [0.25, 0.3) is 0 Å². The number of alkyl halides is 3. The lowest BCUT2D eigenvalue weighted by molar-refractivity contribution is -0.0685. The standard InChI is InChI=1S/C23H18F4O2/c1-28-15-29-20-13-9-17(10-14-20)21(16-7-11-19(24)12-8-16)22(23(25,26)27)18-5-3-2-4-6-18/h2-14H,15H2,1H3. The Kier molecular flexibility index (Phi) is 6.34. The summed E-state index contributed by atoms with van der Waals surface area (Å²) in [5.74, 6) is -0.0630. The van der Waals surface area contributed by atoms with Gasteiger partial charge < -0.3 is 9.47 Å². The van der Waals surface area contributed by atoms with E-state index in [4.69, 9.17) is 9.47 Å². The summed E-state index contributed by atoms with van der Waals surface area (Å²) < 4.78 is 66.1. The summed E-state index contributed by atoms with van der Waals surface area (Å²) in [5, 5.41) is 0. The van der Waals surface area contributed by atoms with Crippen LogP contribution >= 0.6 is 0 Å². The second kappa shape index (κ2) is 8.92. The fourth-order valence-electron chi connectivity index (χ4n) is 2.97. The molecular formula is C23H18F4O2. The van der Waals surface area contributed by atoms with Crippen LogP contribution in [0.1, 0.15) is 16.7 Å². The highest BCUT2D eigenvalue weighted by Crippen LogP contribution is 2.42. The van der Waals surface area contributed by atoms with E-state index < -0.39 is 17.6 Å². The van der Waals surface area contributed by atoms with E-state index in [2.05, 4.69) is 0 Å².